The number of nitro benzene ring substituents is 2. The fraction of sp³-hybridized carbons (Fsp3) is 0.143. The van der Waals surface area contributed by atoms with Crippen molar-refractivity contribution in [2.75, 3.05) is 0 Å². The van der Waals surface area contributed by atoms with E-state index in [1.54, 1.807) is 0 Å². The molecule has 0 amide bonds. The van der Waals surface area contributed by atoms with Gasteiger partial charge in [0.2, 0.25) is 9.84 Å². The molecule has 0 aromatic heterocycles. The summed E-state index contributed by atoms with van der Waals surface area (Å²) in [4.78, 5) is 16.1. The summed E-state index contributed by atoms with van der Waals surface area (Å²) in [5.41, 5.74) is -2.90. The van der Waals surface area contributed by atoms with Crippen molar-refractivity contribution < 1.29 is 18.3 Å². The Bertz CT molecular complexity index is 1040. The molecule has 0 N–H and O–H groups in total. The lowest BCUT2D eigenvalue weighted by atomic mass is 10.2. The highest BCUT2D eigenvalue weighted by molar-refractivity contribution is 7.91. The highest BCUT2D eigenvalue weighted by atomic mass is 35.5. The van der Waals surface area contributed by atoms with Crippen molar-refractivity contribution in [3.05, 3.63) is 65.7 Å². The normalized spacial score (nSPS) is 11.9. The fourth-order valence-corrected chi connectivity index (χ4v) is 5.86. The Labute approximate surface area is 193 Å². The molecule has 0 radical (unpaired) electrons. The second-order valence-electron chi connectivity index (χ2n) is 5.23. The van der Waals surface area contributed by atoms with E-state index in [1.807, 2.05) is 0 Å². The predicted octanol–water partition coefficient (Wildman–Crippen LogP) is 6.60. The summed E-state index contributed by atoms with van der Waals surface area (Å²) < 4.78 is 26.6. The van der Waals surface area contributed by atoms with Crippen LogP contribution in [0.15, 0.2) is 34.1 Å². The van der Waals surface area contributed by atoms with Crippen LogP contribution in [-0.2, 0) is 9.84 Å². The molecule has 0 aliphatic carbocycles. The van der Waals surface area contributed by atoms with Gasteiger partial charge in [0.25, 0.3) is 11.4 Å². The number of nitro groups is 2. The highest BCUT2D eigenvalue weighted by Crippen LogP contribution is 2.47. The molecule has 0 spiro atoms. The summed E-state index contributed by atoms with van der Waals surface area (Å²) in [5.74, 6) is 0. The molecule has 0 aliphatic heterocycles. The molecule has 2 rings (SSSR count). The number of rotatable bonds is 6. The lowest BCUT2D eigenvalue weighted by molar-refractivity contribution is -0.385. The summed E-state index contributed by atoms with van der Waals surface area (Å²) in [6.45, 7) is 0. The number of nitrogens with zero attached hydrogens (tertiary/aromatic N) is 2. The third kappa shape index (κ3) is 4.51. The van der Waals surface area contributed by atoms with Crippen molar-refractivity contribution >= 4 is 90.8 Å². The lowest BCUT2D eigenvalue weighted by Gasteiger charge is -2.16. The van der Waals surface area contributed by atoms with Crippen LogP contribution in [0.2, 0.25) is 10.0 Å². The topological polar surface area (TPSA) is 120 Å². The molecule has 0 bridgehead atoms. The van der Waals surface area contributed by atoms with Gasteiger partial charge in [0.1, 0.15) is 19.7 Å². The van der Waals surface area contributed by atoms with Gasteiger partial charge in [0.05, 0.1) is 30.8 Å². The Morgan fingerprint density at radius 1 is 0.724 bits per heavy atom. The summed E-state index contributed by atoms with van der Waals surface area (Å²) in [6.07, 6.45) is 0. The first-order valence-electron chi connectivity index (χ1n) is 7.07. The standard InChI is InChI=1S/C14H6Cl6N2O6S/c15-5-1-3-7(9(13(17)18)11(5)21(23)24)29(27,28)8-4-2-6(16)12(22(25)26)10(8)14(19)20/h1-4,13-14H. The first-order chi connectivity index (χ1) is 13.3. The summed E-state index contributed by atoms with van der Waals surface area (Å²) in [6, 6.07) is 3.77. The molecule has 0 heterocycles. The van der Waals surface area contributed by atoms with Crippen LogP contribution < -0.4 is 0 Å². The maximum atomic E-state index is 13.3. The third-order valence-electron chi connectivity index (χ3n) is 3.64. The van der Waals surface area contributed by atoms with E-state index in [0.717, 1.165) is 24.3 Å². The number of halogens is 6. The molecular formula is C14H6Cl6N2O6S. The van der Waals surface area contributed by atoms with Crippen molar-refractivity contribution in [2.45, 2.75) is 19.5 Å². The first kappa shape index (κ1) is 24.2. The first-order valence-corrected chi connectivity index (χ1v) is 11.1. The number of hydrogen-bond donors (Lipinski definition) is 0. The van der Waals surface area contributed by atoms with Gasteiger partial charge in [-0.3, -0.25) is 20.2 Å². The fourth-order valence-electron chi connectivity index (χ4n) is 2.51. The van der Waals surface area contributed by atoms with Crippen LogP contribution in [0.1, 0.15) is 20.8 Å². The van der Waals surface area contributed by atoms with E-state index in [9.17, 15) is 28.6 Å². The molecule has 29 heavy (non-hydrogen) atoms. The van der Waals surface area contributed by atoms with Crippen LogP contribution in [-0.4, -0.2) is 18.3 Å². The highest BCUT2D eigenvalue weighted by Gasteiger charge is 2.37. The Morgan fingerprint density at radius 2 is 1.03 bits per heavy atom. The second kappa shape index (κ2) is 8.97. The molecule has 0 saturated heterocycles. The molecule has 15 heteroatoms. The molecule has 156 valence electrons. The SMILES string of the molecule is O=[N+]([O-])c1c(Cl)ccc(S(=O)(=O)c2ccc(Cl)c([N+](=O)[O-])c2C(Cl)Cl)c1C(Cl)Cl. The minimum Gasteiger partial charge on any atom is -0.258 e. The summed E-state index contributed by atoms with van der Waals surface area (Å²) in [7, 11) is -4.70. The molecular weight excluding hydrogens is 537 g/mol. The molecule has 2 aromatic rings. The van der Waals surface area contributed by atoms with E-state index in [1.165, 1.54) is 0 Å². The molecule has 0 saturated carbocycles. The van der Waals surface area contributed by atoms with Gasteiger partial charge < -0.3 is 0 Å². The van der Waals surface area contributed by atoms with Gasteiger partial charge >= 0.3 is 0 Å². The monoisotopic (exact) mass is 540 g/mol. The molecule has 0 aliphatic rings. The smallest absolute Gasteiger partial charge is 0.258 e. The van der Waals surface area contributed by atoms with Crippen molar-refractivity contribution in [3.8, 4) is 0 Å². The van der Waals surface area contributed by atoms with Crippen molar-refractivity contribution in [3.63, 3.8) is 0 Å². The number of benzene rings is 2. The Hall–Kier alpha value is -1.07. The van der Waals surface area contributed by atoms with E-state index in [-0.39, 0.29) is 0 Å². The maximum absolute atomic E-state index is 13.3. The van der Waals surface area contributed by atoms with Crippen molar-refractivity contribution in [1.29, 1.82) is 0 Å². The lowest BCUT2D eigenvalue weighted by Crippen LogP contribution is -2.12. The summed E-state index contributed by atoms with van der Waals surface area (Å²) >= 11 is 34.8. The van der Waals surface area contributed by atoms with Gasteiger partial charge in [-0.2, -0.15) is 0 Å². The second-order valence-corrected chi connectivity index (χ2v) is 10.1. The average molecular weight is 543 g/mol. The van der Waals surface area contributed by atoms with Gasteiger partial charge in [-0.05, 0) is 24.3 Å². The largest absolute Gasteiger partial charge is 0.295 e. The molecule has 8 nitrogen and oxygen atoms in total. The molecule has 0 unspecified atom stereocenters. The zero-order valence-corrected chi connectivity index (χ0v) is 18.8. The van der Waals surface area contributed by atoms with Crippen LogP contribution in [0.5, 0.6) is 0 Å². The molecule has 2 aromatic carbocycles. The van der Waals surface area contributed by atoms with E-state index in [2.05, 4.69) is 0 Å². The minimum atomic E-state index is -4.70. The molecule has 0 atom stereocenters. The van der Waals surface area contributed by atoms with Crippen molar-refractivity contribution in [2.24, 2.45) is 0 Å². The van der Waals surface area contributed by atoms with Gasteiger partial charge in [-0.1, -0.05) is 69.6 Å². The minimum absolute atomic E-state index is 0.412. The zero-order chi connectivity index (χ0) is 22.3. The van der Waals surface area contributed by atoms with E-state index >= 15 is 0 Å². The Kier molecular flexibility index (Phi) is 7.49. The van der Waals surface area contributed by atoms with Crippen molar-refractivity contribution in [1.82, 2.24) is 0 Å². The van der Waals surface area contributed by atoms with E-state index in [0.29, 0.717) is 0 Å². The number of alkyl halides is 4. The number of hydrogen-bond acceptors (Lipinski definition) is 6. The average Bonchev–Trinajstić information content (AvgIpc) is 2.59. The quantitative estimate of drug-likeness (QED) is 0.230. The van der Waals surface area contributed by atoms with Gasteiger partial charge in [0, 0.05) is 0 Å². The van der Waals surface area contributed by atoms with Crippen LogP contribution in [0.25, 0.3) is 0 Å². The van der Waals surface area contributed by atoms with Gasteiger partial charge in [0.15, 0.2) is 0 Å². The van der Waals surface area contributed by atoms with Gasteiger partial charge in [-0.15, -0.1) is 0 Å². The zero-order valence-electron chi connectivity index (χ0n) is 13.5. The van der Waals surface area contributed by atoms with Crippen LogP contribution in [0, 0.1) is 20.2 Å². The van der Waals surface area contributed by atoms with Crippen LogP contribution in [0.4, 0.5) is 11.4 Å². The summed E-state index contributed by atoms with van der Waals surface area (Å²) in [5, 5.41) is 21.9. The maximum Gasteiger partial charge on any atom is 0.295 e. The predicted molar refractivity (Wildman–Crippen MR) is 111 cm³/mol. The Balaban J connectivity index is 3.00. The van der Waals surface area contributed by atoms with Crippen LogP contribution >= 0.6 is 69.6 Å². The Morgan fingerprint density at radius 3 is 1.28 bits per heavy atom. The van der Waals surface area contributed by atoms with E-state index in [4.69, 9.17) is 69.6 Å². The van der Waals surface area contributed by atoms with Gasteiger partial charge in [-0.25, -0.2) is 8.42 Å². The van der Waals surface area contributed by atoms with E-state index < -0.39 is 71.7 Å². The molecule has 0 fully saturated rings. The number of sulfone groups is 1. The third-order valence-corrected chi connectivity index (χ3v) is 6.99. The van der Waals surface area contributed by atoms with Crippen LogP contribution in [0.3, 0.4) is 0 Å².